The highest BCUT2D eigenvalue weighted by atomic mass is 16.5. The summed E-state index contributed by atoms with van der Waals surface area (Å²) in [6.45, 7) is 4.00. The number of methoxy groups -OCH3 is 1. The third kappa shape index (κ3) is 2.40. The Morgan fingerprint density at radius 2 is 2.31 bits per heavy atom. The lowest BCUT2D eigenvalue weighted by atomic mass is 10.3. The van der Waals surface area contributed by atoms with E-state index in [2.05, 4.69) is 6.58 Å². The molecule has 0 fully saturated rings. The van der Waals surface area contributed by atoms with Gasteiger partial charge in [-0.25, -0.2) is 0 Å². The molecule has 0 spiro atoms. The van der Waals surface area contributed by atoms with Crippen LogP contribution in [0.5, 0.6) is 11.5 Å². The van der Waals surface area contributed by atoms with Gasteiger partial charge in [0.15, 0.2) is 0 Å². The molecule has 0 unspecified atom stereocenters. The molecule has 2 N–H and O–H groups in total. The van der Waals surface area contributed by atoms with E-state index in [1.807, 2.05) is 0 Å². The van der Waals surface area contributed by atoms with Crippen molar-refractivity contribution in [2.45, 2.75) is 0 Å². The average Bonchev–Trinajstić information content (AvgIpc) is 2.16. The predicted molar refractivity (Wildman–Crippen MR) is 53.1 cm³/mol. The van der Waals surface area contributed by atoms with Gasteiger partial charge in [-0.15, -0.1) is 0 Å². The van der Waals surface area contributed by atoms with Crippen molar-refractivity contribution in [2.24, 2.45) is 0 Å². The first-order valence-corrected chi connectivity index (χ1v) is 3.95. The maximum Gasteiger partial charge on any atom is 0.142 e. The highest BCUT2D eigenvalue weighted by Crippen LogP contribution is 2.25. The van der Waals surface area contributed by atoms with Crippen LogP contribution >= 0.6 is 0 Å². The molecule has 13 heavy (non-hydrogen) atoms. The molecular formula is C10H13NO2. The molecule has 0 aliphatic carbocycles. The fourth-order valence-electron chi connectivity index (χ4n) is 0.934. The van der Waals surface area contributed by atoms with Crippen LogP contribution in [-0.4, -0.2) is 13.7 Å². The van der Waals surface area contributed by atoms with Crippen molar-refractivity contribution >= 4 is 5.69 Å². The zero-order valence-corrected chi connectivity index (χ0v) is 7.62. The zero-order valence-electron chi connectivity index (χ0n) is 7.62. The van der Waals surface area contributed by atoms with E-state index in [-0.39, 0.29) is 0 Å². The number of anilines is 1. The first-order chi connectivity index (χ1) is 6.27. The number of rotatable bonds is 4. The molecule has 70 valence electrons. The molecule has 0 amide bonds. The van der Waals surface area contributed by atoms with E-state index in [0.717, 1.165) is 5.75 Å². The summed E-state index contributed by atoms with van der Waals surface area (Å²) < 4.78 is 10.3. The van der Waals surface area contributed by atoms with E-state index >= 15 is 0 Å². The highest BCUT2D eigenvalue weighted by molar-refractivity contribution is 5.56. The Labute approximate surface area is 77.8 Å². The van der Waals surface area contributed by atoms with E-state index in [0.29, 0.717) is 18.0 Å². The lowest BCUT2D eigenvalue weighted by Gasteiger charge is -2.07. The summed E-state index contributed by atoms with van der Waals surface area (Å²) in [5.74, 6) is 1.38. The number of nitrogens with two attached hydrogens (primary N) is 1. The van der Waals surface area contributed by atoms with Crippen molar-refractivity contribution in [1.29, 1.82) is 0 Å². The molecule has 0 aromatic heterocycles. The van der Waals surface area contributed by atoms with Gasteiger partial charge in [-0.1, -0.05) is 12.7 Å². The van der Waals surface area contributed by atoms with Crippen molar-refractivity contribution in [3.63, 3.8) is 0 Å². The lowest BCUT2D eigenvalue weighted by molar-refractivity contribution is 0.363. The molecule has 0 saturated carbocycles. The maximum atomic E-state index is 5.70. The fourth-order valence-corrected chi connectivity index (χ4v) is 0.934. The van der Waals surface area contributed by atoms with E-state index < -0.39 is 0 Å². The Kier molecular flexibility index (Phi) is 3.20. The summed E-state index contributed by atoms with van der Waals surface area (Å²) in [5.41, 5.74) is 6.27. The van der Waals surface area contributed by atoms with Crippen molar-refractivity contribution in [1.82, 2.24) is 0 Å². The van der Waals surface area contributed by atoms with Gasteiger partial charge >= 0.3 is 0 Å². The molecule has 0 aliphatic heterocycles. The molecule has 0 heterocycles. The van der Waals surface area contributed by atoms with E-state index in [9.17, 15) is 0 Å². The minimum absolute atomic E-state index is 0.455. The predicted octanol–water partition coefficient (Wildman–Crippen LogP) is 1.84. The Morgan fingerprint density at radius 3 is 2.85 bits per heavy atom. The summed E-state index contributed by atoms with van der Waals surface area (Å²) in [7, 11) is 1.60. The lowest BCUT2D eigenvalue weighted by Crippen LogP contribution is -1.97. The van der Waals surface area contributed by atoms with Gasteiger partial charge in [0, 0.05) is 6.07 Å². The van der Waals surface area contributed by atoms with Crippen molar-refractivity contribution in [3.8, 4) is 11.5 Å². The standard InChI is InChI=1S/C10H13NO2/c1-3-6-13-10-5-4-8(12-2)7-9(10)11/h3-5,7H,1,6,11H2,2H3. The van der Waals surface area contributed by atoms with Gasteiger partial charge in [0.05, 0.1) is 12.8 Å². The van der Waals surface area contributed by atoms with Crippen molar-refractivity contribution in [2.75, 3.05) is 19.5 Å². The second-order valence-corrected chi connectivity index (χ2v) is 2.50. The molecule has 3 heteroatoms. The van der Waals surface area contributed by atoms with Gasteiger partial charge in [0.2, 0.25) is 0 Å². The number of hydrogen-bond donors (Lipinski definition) is 1. The van der Waals surface area contributed by atoms with Gasteiger partial charge in [-0.2, -0.15) is 0 Å². The summed E-state index contributed by atoms with van der Waals surface area (Å²) in [6, 6.07) is 5.30. The molecule has 0 atom stereocenters. The number of hydrogen-bond acceptors (Lipinski definition) is 3. The van der Waals surface area contributed by atoms with Crippen LogP contribution in [0.3, 0.4) is 0 Å². The average molecular weight is 179 g/mol. The first-order valence-electron chi connectivity index (χ1n) is 3.95. The molecule has 3 nitrogen and oxygen atoms in total. The number of ether oxygens (including phenoxy) is 2. The van der Waals surface area contributed by atoms with Crippen molar-refractivity contribution < 1.29 is 9.47 Å². The van der Waals surface area contributed by atoms with E-state index in [1.54, 1.807) is 31.4 Å². The maximum absolute atomic E-state index is 5.70. The van der Waals surface area contributed by atoms with Gasteiger partial charge in [0.25, 0.3) is 0 Å². The van der Waals surface area contributed by atoms with Gasteiger partial charge in [-0.05, 0) is 12.1 Å². The molecule has 0 aliphatic rings. The normalized spacial score (nSPS) is 9.31. The molecule has 0 radical (unpaired) electrons. The summed E-state index contributed by atoms with van der Waals surface area (Å²) in [4.78, 5) is 0. The Balaban J connectivity index is 2.78. The first kappa shape index (κ1) is 9.45. The van der Waals surface area contributed by atoms with Crippen LogP contribution in [0.1, 0.15) is 0 Å². The Morgan fingerprint density at radius 1 is 1.54 bits per heavy atom. The largest absolute Gasteiger partial charge is 0.497 e. The molecule has 0 bridgehead atoms. The van der Waals surface area contributed by atoms with Crippen LogP contribution < -0.4 is 15.2 Å². The van der Waals surface area contributed by atoms with Gasteiger partial charge in [-0.3, -0.25) is 0 Å². The van der Waals surface area contributed by atoms with Crippen LogP contribution in [-0.2, 0) is 0 Å². The number of nitrogen functional groups attached to an aromatic ring is 1. The smallest absolute Gasteiger partial charge is 0.142 e. The van der Waals surface area contributed by atoms with Crippen LogP contribution in [0.4, 0.5) is 5.69 Å². The molecule has 1 rings (SSSR count). The van der Waals surface area contributed by atoms with Crippen LogP contribution in [0.25, 0.3) is 0 Å². The monoisotopic (exact) mass is 179 g/mol. The minimum Gasteiger partial charge on any atom is -0.497 e. The summed E-state index contributed by atoms with van der Waals surface area (Å²) in [6.07, 6.45) is 1.67. The van der Waals surface area contributed by atoms with Gasteiger partial charge < -0.3 is 15.2 Å². The van der Waals surface area contributed by atoms with Crippen molar-refractivity contribution in [3.05, 3.63) is 30.9 Å². The Hall–Kier alpha value is -1.64. The molecular weight excluding hydrogens is 166 g/mol. The third-order valence-corrected chi connectivity index (χ3v) is 1.57. The topological polar surface area (TPSA) is 44.5 Å². The molecule has 1 aromatic carbocycles. The number of benzene rings is 1. The Bertz CT molecular complexity index is 297. The third-order valence-electron chi connectivity index (χ3n) is 1.57. The second-order valence-electron chi connectivity index (χ2n) is 2.50. The summed E-state index contributed by atoms with van der Waals surface area (Å²) >= 11 is 0. The minimum atomic E-state index is 0.455. The zero-order chi connectivity index (χ0) is 9.68. The van der Waals surface area contributed by atoms with E-state index in [1.165, 1.54) is 0 Å². The highest BCUT2D eigenvalue weighted by Gasteiger charge is 2.00. The van der Waals surface area contributed by atoms with E-state index in [4.69, 9.17) is 15.2 Å². The second kappa shape index (κ2) is 4.40. The molecule has 0 saturated heterocycles. The van der Waals surface area contributed by atoms with Crippen LogP contribution in [0.2, 0.25) is 0 Å². The molecule has 1 aromatic rings. The SMILES string of the molecule is C=CCOc1ccc(OC)cc1N. The van der Waals surface area contributed by atoms with Gasteiger partial charge in [0.1, 0.15) is 18.1 Å². The fraction of sp³-hybridized carbons (Fsp3) is 0.200. The van der Waals surface area contributed by atoms with Crippen LogP contribution in [0, 0.1) is 0 Å². The summed E-state index contributed by atoms with van der Waals surface area (Å²) in [5, 5.41) is 0. The van der Waals surface area contributed by atoms with Crippen LogP contribution in [0.15, 0.2) is 30.9 Å². The quantitative estimate of drug-likeness (QED) is 0.566.